The number of hydrogen-bond acceptors (Lipinski definition) is 2. The Labute approximate surface area is 116 Å². The first kappa shape index (κ1) is 13.1. The maximum Gasteiger partial charge on any atom is 0.239 e. The molecule has 0 spiro atoms. The summed E-state index contributed by atoms with van der Waals surface area (Å²) in [5, 5.41) is 0.801. The number of rotatable bonds is 3. The molecule has 0 saturated carbocycles. The normalized spacial score (nSPS) is 16.8. The topological polar surface area (TPSA) is 62.1 Å². The summed E-state index contributed by atoms with van der Waals surface area (Å²) in [4.78, 5) is 17.1. The number of H-pyrrole nitrogens is 1. The molecule has 1 amide bonds. The summed E-state index contributed by atoms with van der Waals surface area (Å²) in [6.45, 7) is 1.60. The van der Waals surface area contributed by atoms with Gasteiger partial charge in [0, 0.05) is 30.2 Å². The van der Waals surface area contributed by atoms with Crippen LogP contribution in [0.4, 0.5) is 4.39 Å². The number of halogens is 1. The zero-order chi connectivity index (χ0) is 14.1. The van der Waals surface area contributed by atoms with Crippen LogP contribution in [0.15, 0.2) is 24.4 Å². The van der Waals surface area contributed by atoms with Crippen LogP contribution in [0.2, 0.25) is 0 Å². The van der Waals surface area contributed by atoms with E-state index in [1.165, 1.54) is 12.1 Å². The lowest BCUT2D eigenvalue weighted by molar-refractivity contribution is -0.131. The lowest BCUT2D eigenvalue weighted by atomic mass is 10.0. The molecule has 1 aliphatic rings. The van der Waals surface area contributed by atoms with Gasteiger partial charge in [0.05, 0.1) is 6.04 Å². The van der Waals surface area contributed by atoms with E-state index in [-0.39, 0.29) is 11.7 Å². The molecule has 3 rings (SSSR count). The van der Waals surface area contributed by atoms with Crippen molar-refractivity contribution in [2.75, 3.05) is 13.1 Å². The van der Waals surface area contributed by atoms with Crippen LogP contribution >= 0.6 is 0 Å². The summed E-state index contributed by atoms with van der Waals surface area (Å²) in [5.41, 5.74) is 7.77. The van der Waals surface area contributed by atoms with Crippen LogP contribution in [0.3, 0.4) is 0 Å². The summed E-state index contributed by atoms with van der Waals surface area (Å²) in [6.07, 6.45) is 4.34. The van der Waals surface area contributed by atoms with Crippen LogP contribution in [0.1, 0.15) is 18.4 Å². The van der Waals surface area contributed by atoms with Crippen molar-refractivity contribution < 1.29 is 9.18 Å². The number of likely N-dealkylation sites (tertiary alicyclic amines) is 1. The Balaban J connectivity index is 1.78. The van der Waals surface area contributed by atoms with Crippen molar-refractivity contribution >= 4 is 16.8 Å². The Morgan fingerprint density at radius 3 is 2.90 bits per heavy atom. The minimum atomic E-state index is -0.560. The van der Waals surface area contributed by atoms with Gasteiger partial charge in [-0.15, -0.1) is 0 Å². The molecule has 0 radical (unpaired) electrons. The van der Waals surface area contributed by atoms with E-state index in [9.17, 15) is 9.18 Å². The molecule has 5 heteroatoms. The van der Waals surface area contributed by atoms with Gasteiger partial charge in [-0.2, -0.15) is 0 Å². The fourth-order valence-corrected chi connectivity index (χ4v) is 2.82. The van der Waals surface area contributed by atoms with Gasteiger partial charge in [-0.05, 0) is 43.0 Å². The molecule has 0 bridgehead atoms. The number of nitrogens with two attached hydrogens (primary N) is 1. The maximum atomic E-state index is 13.3. The number of carbonyl (C=O) groups is 1. The Bertz CT molecular complexity index is 631. The van der Waals surface area contributed by atoms with Crippen molar-refractivity contribution in [3.8, 4) is 0 Å². The lowest BCUT2D eigenvalue weighted by Crippen LogP contribution is -2.43. The number of nitrogens with zero attached hydrogens (tertiary/aromatic N) is 1. The second-order valence-corrected chi connectivity index (χ2v) is 5.35. The molecular weight excluding hydrogens is 257 g/mol. The standard InChI is InChI=1S/C15H18FN3O/c16-11-3-4-14-12(8-11)10(9-18-14)7-13(17)15(20)19-5-1-2-6-19/h3-4,8-9,13,18H,1-2,5-7,17H2/t13-/m0/s1. The number of hydrogen-bond donors (Lipinski definition) is 2. The predicted octanol–water partition coefficient (Wildman–Crippen LogP) is 1.80. The van der Waals surface area contributed by atoms with Gasteiger partial charge in [0.1, 0.15) is 5.82 Å². The van der Waals surface area contributed by atoms with Crippen molar-refractivity contribution in [2.45, 2.75) is 25.3 Å². The van der Waals surface area contributed by atoms with E-state index >= 15 is 0 Å². The van der Waals surface area contributed by atoms with Crippen LogP contribution in [-0.4, -0.2) is 34.9 Å². The summed E-state index contributed by atoms with van der Waals surface area (Å²) in [7, 11) is 0. The fraction of sp³-hybridized carbons (Fsp3) is 0.400. The van der Waals surface area contributed by atoms with Crippen molar-refractivity contribution in [1.29, 1.82) is 0 Å². The van der Waals surface area contributed by atoms with Crippen LogP contribution < -0.4 is 5.73 Å². The fourth-order valence-electron chi connectivity index (χ4n) is 2.82. The van der Waals surface area contributed by atoms with E-state index < -0.39 is 6.04 Å². The van der Waals surface area contributed by atoms with Gasteiger partial charge in [-0.25, -0.2) is 4.39 Å². The molecule has 3 N–H and O–H groups in total. The van der Waals surface area contributed by atoms with Crippen molar-refractivity contribution in [2.24, 2.45) is 5.73 Å². The molecule has 1 aromatic heterocycles. The second kappa shape index (κ2) is 5.25. The molecule has 0 unspecified atom stereocenters. The van der Waals surface area contributed by atoms with Crippen molar-refractivity contribution in [3.63, 3.8) is 0 Å². The number of fused-ring (bicyclic) bond motifs is 1. The third-order valence-corrected chi connectivity index (χ3v) is 3.90. The van der Waals surface area contributed by atoms with Gasteiger partial charge < -0.3 is 15.6 Å². The average molecular weight is 275 g/mol. The summed E-state index contributed by atoms with van der Waals surface area (Å²) >= 11 is 0. The molecule has 1 aromatic carbocycles. The SMILES string of the molecule is N[C@@H](Cc1c[nH]c2ccc(F)cc12)C(=O)N1CCCC1. The summed E-state index contributed by atoms with van der Waals surface area (Å²) in [5.74, 6) is -0.286. The Morgan fingerprint density at radius 2 is 2.15 bits per heavy atom. The highest BCUT2D eigenvalue weighted by molar-refractivity contribution is 5.86. The van der Waals surface area contributed by atoms with E-state index in [0.29, 0.717) is 6.42 Å². The van der Waals surface area contributed by atoms with E-state index in [1.54, 1.807) is 12.3 Å². The number of carbonyl (C=O) groups excluding carboxylic acids is 1. The molecule has 1 aliphatic heterocycles. The molecule has 1 saturated heterocycles. The highest BCUT2D eigenvalue weighted by Gasteiger charge is 2.24. The van der Waals surface area contributed by atoms with Crippen LogP contribution in [0.25, 0.3) is 10.9 Å². The minimum Gasteiger partial charge on any atom is -0.361 e. The lowest BCUT2D eigenvalue weighted by Gasteiger charge is -2.19. The van der Waals surface area contributed by atoms with Crippen LogP contribution in [-0.2, 0) is 11.2 Å². The molecule has 106 valence electrons. The van der Waals surface area contributed by atoms with Crippen molar-refractivity contribution in [3.05, 3.63) is 35.8 Å². The molecular formula is C15H18FN3O. The zero-order valence-corrected chi connectivity index (χ0v) is 11.2. The average Bonchev–Trinajstić information content (AvgIpc) is 3.08. The van der Waals surface area contributed by atoms with Gasteiger partial charge >= 0.3 is 0 Å². The van der Waals surface area contributed by atoms with E-state index in [2.05, 4.69) is 4.98 Å². The van der Waals surface area contributed by atoms with E-state index in [4.69, 9.17) is 5.73 Å². The molecule has 1 atom stereocenters. The molecule has 4 nitrogen and oxygen atoms in total. The van der Waals surface area contributed by atoms with Crippen LogP contribution in [0, 0.1) is 5.82 Å². The third-order valence-electron chi connectivity index (χ3n) is 3.90. The Morgan fingerprint density at radius 1 is 1.40 bits per heavy atom. The quantitative estimate of drug-likeness (QED) is 0.897. The summed E-state index contributed by atoms with van der Waals surface area (Å²) < 4.78 is 13.3. The van der Waals surface area contributed by atoms with Crippen LogP contribution in [0.5, 0.6) is 0 Å². The minimum absolute atomic E-state index is 0.00625. The summed E-state index contributed by atoms with van der Waals surface area (Å²) in [6, 6.07) is 4.03. The van der Waals surface area contributed by atoms with Crippen molar-refractivity contribution in [1.82, 2.24) is 9.88 Å². The zero-order valence-electron chi connectivity index (χ0n) is 11.2. The predicted molar refractivity (Wildman–Crippen MR) is 75.8 cm³/mol. The number of aromatic nitrogens is 1. The Hall–Kier alpha value is -1.88. The molecule has 0 aliphatic carbocycles. The molecule has 2 aromatic rings. The molecule has 1 fully saturated rings. The van der Waals surface area contributed by atoms with E-state index in [0.717, 1.165) is 42.4 Å². The number of aromatic amines is 1. The molecule has 2 heterocycles. The third kappa shape index (κ3) is 2.41. The first-order valence-electron chi connectivity index (χ1n) is 6.95. The first-order chi connectivity index (χ1) is 9.65. The largest absolute Gasteiger partial charge is 0.361 e. The molecule has 20 heavy (non-hydrogen) atoms. The van der Waals surface area contributed by atoms with Gasteiger partial charge in [0.15, 0.2) is 0 Å². The number of amides is 1. The Kier molecular flexibility index (Phi) is 3.44. The van der Waals surface area contributed by atoms with Gasteiger partial charge in [0.2, 0.25) is 5.91 Å². The monoisotopic (exact) mass is 275 g/mol. The van der Waals surface area contributed by atoms with Gasteiger partial charge in [0.25, 0.3) is 0 Å². The maximum absolute atomic E-state index is 13.3. The number of benzene rings is 1. The highest BCUT2D eigenvalue weighted by Crippen LogP contribution is 2.21. The van der Waals surface area contributed by atoms with Gasteiger partial charge in [-0.3, -0.25) is 4.79 Å². The number of nitrogens with one attached hydrogen (secondary N) is 1. The van der Waals surface area contributed by atoms with E-state index in [1.807, 2.05) is 4.90 Å². The first-order valence-corrected chi connectivity index (χ1v) is 6.95. The van der Waals surface area contributed by atoms with Gasteiger partial charge in [-0.1, -0.05) is 0 Å². The highest BCUT2D eigenvalue weighted by atomic mass is 19.1. The smallest absolute Gasteiger partial charge is 0.239 e. The second-order valence-electron chi connectivity index (χ2n) is 5.35.